The minimum atomic E-state index is -0.656. The van der Waals surface area contributed by atoms with Crippen molar-refractivity contribution in [3.8, 4) is 0 Å². The van der Waals surface area contributed by atoms with Crippen LogP contribution in [0.2, 0.25) is 0 Å². The zero-order valence-corrected chi connectivity index (χ0v) is 17.6. The van der Waals surface area contributed by atoms with E-state index in [1.165, 1.54) is 4.68 Å². The molecule has 2 aromatic carbocycles. The number of rotatable bonds is 7. The van der Waals surface area contributed by atoms with Crippen LogP contribution in [0.15, 0.2) is 58.2 Å². The van der Waals surface area contributed by atoms with Gasteiger partial charge < -0.3 is 5.73 Å². The smallest absolute Gasteiger partial charge is 0.290 e. The molecule has 0 atom stereocenters. The van der Waals surface area contributed by atoms with Gasteiger partial charge in [0.05, 0.1) is 16.7 Å². The molecule has 1 aromatic heterocycles. The van der Waals surface area contributed by atoms with E-state index in [9.17, 15) is 19.2 Å². The van der Waals surface area contributed by atoms with Gasteiger partial charge in [0, 0.05) is 16.8 Å². The number of hydrogen-bond acceptors (Lipinski definition) is 6. The lowest BCUT2D eigenvalue weighted by Gasteiger charge is -2.12. The number of benzene rings is 2. The van der Waals surface area contributed by atoms with E-state index >= 15 is 0 Å². The number of thioether (sulfide) groups is 1. The normalized spacial score (nSPS) is 10.6. The number of nitrogens with one attached hydrogen (secondary N) is 2. The molecule has 0 saturated carbocycles. The second kappa shape index (κ2) is 9.90. The van der Waals surface area contributed by atoms with Crippen molar-refractivity contribution in [3.63, 3.8) is 0 Å². The minimum absolute atomic E-state index is 0.0194. The summed E-state index contributed by atoms with van der Waals surface area (Å²) < 4.78 is 1.24. The standard InChI is InChI=1S/C21H21N5O4S/c1-2-11-26-21(30)14-8-4-3-7-13(14)18(25-26)20(29)24-23-19(28)15-9-5-6-10-16(15)31-12-17(22)27/h3-10H,2,11-12H2,1H3,(H2,22,27)(H,23,28)(H,24,29). The van der Waals surface area contributed by atoms with Crippen molar-refractivity contribution < 1.29 is 14.4 Å². The Labute approximate surface area is 182 Å². The quantitative estimate of drug-likeness (QED) is 0.377. The highest BCUT2D eigenvalue weighted by Crippen LogP contribution is 2.22. The molecule has 0 spiro atoms. The van der Waals surface area contributed by atoms with Crippen LogP contribution < -0.4 is 22.1 Å². The zero-order valence-electron chi connectivity index (χ0n) is 16.8. The van der Waals surface area contributed by atoms with Gasteiger partial charge in [0.15, 0.2) is 5.69 Å². The molecule has 3 rings (SSSR count). The van der Waals surface area contributed by atoms with Gasteiger partial charge in [-0.05, 0) is 24.6 Å². The summed E-state index contributed by atoms with van der Waals surface area (Å²) >= 11 is 1.13. The molecule has 3 amide bonds. The van der Waals surface area contributed by atoms with E-state index in [-0.39, 0.29) is 22.6 Å². The molecule has 0 radical (unpaired) electrons. The molecule has 0 bridgehead atoms. The summed E-state index contributed by atoms with van der Waals surface area (Å²) in [5.74, 6) is -1.71. The maximum atomic E-state index is 12.8. The Hall–Kier alpha value is -3.66. The predicted octanol–water partition coefficient (Wildman–Crippen LogP) is 1.46. The van der Waals surface area contributed by atoms with Gasteiger partial charge in [-0.15, -0.1) is 11.8 Å². The fourth-order valence-corrected chi connectivity index (χ4v) is 3.72. The summed E-state index contributed by atoms with van der Waals surface area (Å²) in [6.45, 7) is 2.26. The molecule has 1 heterocycles. The van der Waals surface area contributed by atoms with Crippen LogP contribution in [-0.2, 0) is 11.3 Å². The van der Waals surface area contributed by atoms with Crippen LogP contribution in [0.25, 0.3) is 10.8 Å². The number of amides is 3. The molecule has 0 aliphatic heterocycles. The molecule has 160 valence electrons. The lowest BCUT2D eigenvalue weighted by molar-refractivity contribution is -0.115. The number of nitrogens with zero attached hydrogens (tertiary/aromatic N) is 2. The molecule has 10 heteroatoms. The van der Waals surface area contributed by atoms with Crippen LogP contribution in [0.4, 0.5) is 0 Å². The van der Waals surface area contributed by atoms with Gasteiger partial charge in [0.1, 0.15) is 0 Å². The Balaban J connectivity index is 1.83. The average Bonchev–Trinajstić information content (AvgIpc) is 2.78. The third-order valence-electron chi connectivity index (χ3n) is 4.31. The largest absolute Gasteiger partial charge is 0.369 e. The molecule has 4 N–H and O–H groups in total. The van der Waals surface area contributed by atoms with Gasteiger partial charge >= 0.3 is 0 Å². The van der Waals surface area contributed by atoms with E-state index in [0.717, 1.165) is 11.8 Å². The van der Waals surface area contributed by atoms with E-state index in [2.05, 4.69) is 16.0 Å². The van der Waals surface area contributed by atoms with Crippen molar-refractivity contribution in [2.45, 2.75) is 24.8 Å². The van der Waals surface area contributed by atoms with Gasteiger partial charge in [-0.25, -0.2) is 4.68 Å². The predicted molar refractivity (Wildman–Crippen MR) is 118 cm³/mol. The van der Waals surface area contributed by atoms with E-state index in [4.69, 9.17) is 5.73 Å². The summed E-state index contributed by atoms with van der Waals surface area (Å²) in [5.41, 5.74) is 9.91. The first-order valence-electron chi connectivity index (χ1n) is 9.53. The summed E-state index contributed by atoms with van der Waals surface area (Å²) in [4.78, 5) is 49.5. The van der Waals surface area contributed by atoms with Crippen LogP contribution in [-0.4, -0.2) is 33.3 Å². The Morgan fingerprint density at radius 2 is 1.65 bits per heavy atom. The fourth-order valence-electron chi connectivity index (χ4n) is 2.94. The number of aromatic nitrogens is 2. The first kappa shape index (κ1) is 22.0. The van der Waals surface area contributed by atoms with Gasteiger partial charge in [0.2, 0.25) is 5.91 Å². The third-order valence-corrected chi connectivity index (χ3v) is 5.41. The van der Waals surface area contributed by atoms with Gasteiger partial charge in [-0.3, -0.25) is 30.0 Å². The van der Waals surface area contributed by atoms with E-state index in [0.29, 0.717) is 28.6 Å². The van der Waals surface area contributed by atoms with Crippen LogP contribution in [0.1, 0.15) is 34.2 Å². The number of nitrogens with two attached hydrogens (primary N) is 1. The Kier molecular flexibility index (Phi) is 7.03. The Bertz CT molecular complexity index is 1210. The molecule has 0 fully saturated rings. The molecule has 0 saturated heterocycles. The molecule has 3 aromatic rings. The first-order chi connectivity index (χ1) is 14.9. The topological polar surface area (TPSA) is 136 Å². The van der Waals surface area contributed by atoms with Gasteiger partial charge in [-0.2, -0.15) is 5.10 Å². The SMILES string of the molecule is CCCn1nc(C(=O)NNC(=O)c2ccccc2SCC(N)=O)c2ccccc2c1=O. The number of fused-ring (bicyclic) bond motifs is 1. The van der Waals surface area contributed by atoms with Crippen LogP contribution in [0, 0.1) is 0 Å². The van der Waals surface area contributed by atoms with Crippen molar-refractivity contribution >= 4 is 40.3 Å². The highest BCUT2D eigenvalue weighted by atomic mass is 32.2. The van der Waals surface area contributed by atoms with Crippen LogP contribution >= 0.6 is 11.8 Å². The summed E-state index contributed by atoms with van der Waals surface area (Å²) in [6, 6.07) is 13.3. The van der Waals surface area contributed by atoms with Crippen molar-refractivity contribution in [2.75, 3.05) is 5.75 Å². The molecule has 31 heavy (non-hydrogen) atoms. The summed E-state index contributed by atoms with van der Waals surface area (Å²) in [5, 5.41) is 4.96. The second-order valence-electron chi connectivity index (χ2n) is 6.58. The van der Waals surface area contributed by atoms with Gasteiger partial charge in [0.25, 0.3) is 17.4 Å². The number of carbonyl (C=O) groups is 3. The maximum absolute atomic E-state index is 12.8. The van der Waals surface area contributed by atoms with E-state index in [1.54, 1.807) is 48.5 Å². The average molecular weight is 439 g/mol. The molecule has 0 unspecified atom stereocenters. The molecule has 0 aliphatic carbocycles. The maximum Gasteiger partial charge on any atom is 0.290 e. The monoisotopic (exact) mass is 439 g/mol. The minimum Gasteiger partial charge on any atom is -0.369 e. The third kappa shape index (κ3) is 5.10. The highest BCUT2D eigenvalue weighted by molar-refractivity contribution is 8.00. The zero-order chi connectivity index (χ0) is 22.4. The second-order valence-corrected chi connectivity index (χ2v) is 7.60. The fraction of sp³-hybridized carbons (Fsp3) is 0.190. The van der Waals surface area contributed by atoms with Crippen LogP contribution in [0.5, 0.6) is 0 Å². The highest BCUT2D eigenvalue weighted by Gasteiger charge is 2.18. The number of aryl methyl sites for hydroxylation is 1. The van der Waals surface area contributed by atoms with Crippen molar-refractivity contribution in [3.05, 3.63) is 70.1 Å². The number of primary amides is 1. The van der Waals surface area contributed by atoms with E-state index in [1.807, 2.05) is 6.92 Å². The molecule has 9 nitrogen and oxygen atoms in total. The summed E-state index contributed by atoms with van der Waals surface area (Å²) in [7, 11) is 0. The van der Waals surface area contributed by atoms with E-state index < -0.39 is 17.7 Å². The Morgan fingerprint density at radius 3 is 2.35 bits per heavy atom. The van der Waals surface area contributed by atoms with Gasteiger partial charge in [-0.1, -0.05) is 37.3 Å². The van der Waals surface area contributed by atoms with Crippen LogP contribution in [0.3, 0.4) is 0 Å². The lowest BCUT2D eigenvalue weighted by Crippen LogP contribution is -2.43. The number of carbonyl (C=O) groups excluding carboxylic acids is 3. The summed E-state index contributed by atoms with van der Waals surface area (Å²) in [6.07, 6.45) is 0.669. The Morgan fingerprint density at radius 1 is 1.00 bits per heavy atom. The number of hydrogen-bond donors (Lipinski definition) is 3. The van der Waals surface area contributed by atoms with Crippen molar-refractivity contribution in [1.82, 2.24) is 20.6 Å². The molecular weight excluding hydrogens is 418 g/mol. The van der Waals surface area contributed by atoms with Crippen molar-refractivity contribution in [2.24, 2.45) is 5.73 Å². The van der Waals surface area contributed by atoms with Crippen molar-refractivity contribution in [1.29, 1.82) is 0 Å². The number of hydrazine groups is 1. The molecule has 0 aliphatic rings. The lowest BCUT2D eigenvalue weighted by atomic mass is 10.1. The first-order valence-corrected chi connectivity index (χ1v) is 10.5. The molecular formula is C21H21N5O4S.